The van der Waals surface area contributed by atoms with Crippen LogP contribution >= 0.6 is 11.3 Å². The Balaban J connectivity index is 1.52. The summed E-state index contributed by atoms with van der Waals surface area (Å²) in [5, 5.41) is 2.01. The third-order valence-electron chi connectivity index (χ3n) is 5.57. The lowest BCUT2D eigenvalue weighted by molar-refractivity contribution is -0.137. The molecule has 2 aliphatic rings. The minimum atomic E-state index is -4.46. The Hall–Kier alpha value is -2.09. The normalized spacial score (nSPS) is 23.2. The van der Waals surface area contributed by atoms with Gasteiger partial charge in [0.2, 0.25) is 5.91 Å². The molecule has 0 aliphatic carbocycles. The van der Waals surface area contributed by atoms with Crippen molar-refractivity contribution in [1.29, 1.82) is 0 Å². The minimum absolute atomic E-state index is 0.0603. The van der Waals surface area contributed by atoms with Crippen LogP contribution in [-0.4, -0.2) is 35.4 Å². The zero-order chi connectivity index (χ0) is 19.7. The fourth-order valence-corrected chi connectivity index (χ4v) is 5.16. The summed E-state index contributed by atoms with van der Waals surface area (Å²) in [4.78, 5) is 22.0. The Morgan fingerprint density at radius 2 is 1.96 bits per heavy atom. The average molecular weight is 409 g/mol. The molecule has 0 aromatic carbocycles. The maximum absolute atomic E-state index is 13.4. The lowest BCUT2D eigenvalue weighted by Crippen LogP contribution is -2.45. The van der Waals surface area contributed by atoms with E-state index in [-0.39, 0.29) is 30.2 Å². The molecule has 2 atom stereocenters. The lowest BCUT2D eigenvalue weighted by Gasteiger charge is -2.36. The van der Waals surface area contributed by atoms with Crippen molar-refractivity contribution >= 4 is 23.1 Å². The van der Waals surface area contributed by atoms with Crippen molar-refractivity contribution < 1.29 is 18.0 Å². The zero-order valence-electron chi connectivity index (χ0n) is 15.4. The zero-order valence-corrected chi connectivity index (χ0v) is 16.2. The first kappa shape index (κ1) is 19.2. The van der Waals surface area contributed by atoms with E-state index in [1.54, 1.807) is 16.2 Å². The van der Waals surface area contributed by atoms with Crippen molar-refractivity contribution in [2.45, 2.75) is 37.9 Å². The maximum Gasteiger partial charge on any atom is 0.419 e. The number of piperidine rings is 1. The Labute approximate surface area is 166 Å². The van der Waals surface area contributed by atoms with Crippen LogP contribution in [0.2, 0.25) is 0 Å². The number of carbonyl (C=O) groups is 1. The van der Waals surface area contributed by atoms with Crippen LogP contribution in [0.4, 0.5) is 19.0 Å². The van der Waals surface area contributed by atoms with Crippen LogP contribution in [-0.2, 0) is 11.0 Å². The monoisotopic (exact) mass is 409 g/mol. The van der Waals surface area contributed by atoms with E-state index < -0.39 is 11.7 Å². The maximum atomic E-state index is 13.4. The second kappa shape index (κ2) is 7.73. The molecule has 4 heterocycles. The number of rotatable bonds is 3. The van der Waals surface area contributed by atoms with Crippen molar-refractivity contribution in [2.24, 2.45) is 5.92 Å². The molecule has 8 heteroatoms. The fraction of sp³-hybridized carbons (Fsp3) is 0.500. The molecule has 2 aromatic heterocycles. The summed E-state index contributed by atoms with van der Waals surface area (Å²) in [7, 11) is 0. The van der Waals surface area contributed by atoms with Crippen molar-refractivity contribution in [3.63, 3.8) is 0 Å². The van der Waals surface area contributed by atoms with Gasteiger partial charge in [0.05, 0.1) is 17.5 Å². The molecule has 2 fully saturated rings. The predicted octanol–water partition coefficient (Wildman–Crippen LogP) is 4.74. The molecule has 150 valence electrons. The minimum Gasteiger partial charge on any atom is -0.355 e. The van der Waals surface area contributed by atoms with Crippen LogP contribution in [0.3, 0.4) is 0 Å². The molecular formula is C20H22F3N3OS. The van der Waals surface area contributed by atoms with E-state index in [0.29, 0.717) is 19.4 Å². The summed E-state index contributed by atoms with van der Waals surface area (Å²) in [6.45, 7) is 1.49. The molecule has 28 heavy (non-hydrogen) atoms. The largest absolute Gasteiger partial charge is 0.419 e. The van der Waals surface area contributed by atoms with Crippen LogP contribution in [0, 0.1) is 5.92 Å². The van der Waals surface area contributed by atoms with Crippen LogP contribution in [0.1, 0.15) is 42.2 Å². The molecule has 0 spiro atoms. The average Bonchev–Trinajstić information content (AvgIpc) is 3.38. The number of anilines is 1. The highest BCUT2D eigenvalue weighted by molar-refractivity contribution is 7.10. The summed E-state index contributed by atoms with van der Waals surface area (Å²) in [6.07, 6.45) is 0.215. The number of hydrogen-bond acceptors (Lipinski definition) is 4. The van der Waals surface area contributed by atoms with Crippen LogP contribution < -0.4 is 4.90 Å². The first-order chi connectivity index (χ1) is 13.4. The molecule has 0 saturated carbocycles. The number of nitrogens with zero attached hydrogens (tertiary/aromatic N) is 3. The van der Waals surface area contributed by atoms with Crippen LogP contribution in [0.15, 0.2) is 35.8 Å². The van der Waals surface area contributed by atoms with Crippen molar-refractivity contribution in [2.75, 3.05) is 24.5 Å². The second-order valence-electron chi connectivity index (χ2n) is 7.36. The van der Waals surface area contributed by atoms with Crippen LogP contribution in [0.5, 0.6) is 0 Å². The number of amides is 1. The predicted molar refractivity (Wildman–Crippen MR) is 102 cm³/mol. The van der Waals surface area contributed by atoms with Gasteiger partial charge < -0.3 is 9.80 Å². The molecule has 4 nitrogen and oxygen atoms in total. The smallest absolute Gasteiger partial charge is 0.355 e. The third kappa shape index (κ3) is 3.74. The van der Waals surface area contributed by atoms with E-state index in [2.05, 4.69) is 11.1 Å². The highest BCUT2D eigenvalue weighted by atomic mass is 32.1. The molecule has 0 radical (unpaired) electrons. The number of halogens is 3. The molecule has 2 aromatic rings. The SMILES string of the molecule is O=C(C1CCCN(c2ncccc2C(F)(F)F)C1)N1CCCC1c1cccs1. The van der Waals surface area contributed by atoms with E-state index in [1.165, 1.54) is 17.1 Å². The Bertz CT molecular complexity index is 824. The van der Waals surface area contributed by atoms with E-state index in [9.17, 15) is 18.0 Å². The number of likely N-dealkylation sites (tertiary alicyclic amines) is 1. The summed E-state index contributed by atoms with van der Waals surface area (Å²) in [6, 6.07) is 6.50. The molecule has 0 N–H and O–H groups in total. The third-order valence-corrected chi connectivity index (χ3v) is 6.54. The highest BCUT2D eigenvalue weighted by Crippen LogP contribution is 2.39. The van der Waals surface area contributed by atoms with Crippen LogP contribution in [0.25, 0.3) is 0 Å². The summed E-state index contributed by atoms with van der Waals surface area (Å²) in [5.41, 5.74) is -0.735. The van der Waals surface area contributed by atoms with E-state index >= 15 is 0 Å². The van der Waals surface area contributed by atoms with Gasteiger partial charge >= 0.3 is 6.18 Å². The second-order valence-corrected chi connectivity index (χ2v) is 8.34. The van der Waals surface area contributed by atoms with Gasteiger partial charge in [-0.15, -0.1) is 11.3 Å². The fourth-order valence-electron chi connectivity index (χ4n) is 4.28. The lowest BCUT2D eigenvalue weighted by atomic mass is 9.95. The van der Waals surface area contributed by atoms with Crippen molar-refractivity contribution in [3.8, 4) is 0 Å². The number of aromatic nitrogens is 1. The highest BCUT2D eigenvalue weighted by Gasteiger charge is 2.39. The van der Waals surface area contributed by atoms with E-state index in [1.807, 2.05) is 16.3 Å². The number of carbonyl (C=O) groups excluding carboxylic acids is 1. The van der Waals surface area contributed by atoms with E-state index in [0.717, 1.165) is 25.5 Å². The van der Waals surface area contributed by atoms with Gasteiger partial charge in [0.25, 0.3) is 0 Å². The number of pyridine rings is 1. The van der Waals surface area contributed by atoms with Gasteiger partial charge in [-0.05, 0) is 49.3 Å². The first-order valence-electron chi connectivity index (χ1n) is 9.56. The molecule has 2 saturated heterocycles. The first-order valence-corrected chi connectivity index (χ1v) is 10.4. The Morgan fingerprint density at radius 1 is 1.14 bits per heavy atom. The number of hydrogen-bond donors (Lipinski definition) is 0. The Kier molecular flexibility index (Phi) is 5.31. The summed E-state index contributed by atoms with van der Waals surface area (Å²) in [5.74, 6) is -0.300. The van der Waals surface area contributed by atoms with E-state index in [4.69, 9.17) is 0 Å². The molecule has 4 rings (SSSR count). The Morgan fingerprint density at radius 3 is 2.71 bits per heavy atom. The van der Waals surface area contributed by atoms with Crippen molar-refractivity contribution in [1.82, 2.24) is 9.88 Å². The van der Waals surface area contributed by atoms with Gasteiger partial charge in [-0.25, -0.2) is 4.98 Å². The summed E-state index contributed by atoms with van der Waals surface area (Å²) >= 11 is 1.65. The topological polar surface area (TPSA) is 36.4 Å². The van der Waals surface area contributed by atoms with Gasteiger partial charge in [0, 0.05) is 30.7 Å². The van der Waals surface area contributed by atoms with Gasteiger partial charge in [0.1, 0.15) is 5.82 Å². The number of alkyl halides is 3. The van der Waals surface area contributed by atoms with Gasteiger partial charge in [-0.2, -0.15) is 13.2 Å². The molecule has 1 amide bonds. The molecule has 2 aliphatic heterocycles. The molecule has 0 bridgehead atoms. The van der Waals surface area contributed by atoms with Gasteiger partial charge in [-0.1, -0.05) is 6.07 Å². The summed E-state index contributed by atoms with van der Waals surface area (Å²) < 4.78 is 40.1. The van der Waals surface area contributed by atoms with Crippen molar-refractivity contribution in [3.05, 3.63) is 46.3 Å². The standard InChI is InChI=1S/C20H22F3N3OS/c21-20(22,23)15-6-1-9-24-18(15)25-10-2-5-14(13-25)19(27)26-11-3-7-16(26)17-8-4-12-28-17/h1,4,6,8-9,12,14,16H,2-3,5,7,10-11,13H2. The van der Waals surface area contributed by atoms with Gasteiger partial charge in [-0.3, -0.25) is 4.79 Å². The quantitative estimate of drug-likeness (QED) is 0.735. The molecular weight excluding hydrogens is 387 g/mol. The molecule has 2 unspecified atom stereocenters. The van der Waals surface area contributed by atoms with Gasteiger partial charge in [0.15, 0.2) is 0 Å². The number of thiophene rings is 1.